The zero-order chi connectivity index (χ0) is 22.2. The third kappa shape index (κ3) is 5.90. The number of carbonyl (C=O) groups excluding carboxylic acids is 2. The Balaban J connectivity index is 1.57. The summed E-state index contributed by atoms with van der Waals surface area (Å²) in [5.41, 5.74) is 2.68. The number of hydrogen-bond acceptors (Lipinski definition) is 5. The van der Waals surface area contributed by atoms with Gasteiger partial charge in [0.25, 0.3) is 5.91 Å². The lowest BCUT2D eigenvalue weighted by atomic mass is 10.1. The first-order valence-electron chi connectivity index (χ1n) is 9.99. The van der Waals surface area contributed by atoms with Crippen molar-refractivity contribution < 1.29 is 14.3 Å². The molecule has 7 nitrogen and oxygen atoms in total. The van der Waals surface area contributed by atoms with E-state index in [9.17, 15) is 9.59 Å². The zero-order valence-electron chi connectivity index (χ0n) is 17.8. The summed E-state index contributed by atoms with van der Waals surface area (Å²) in [5, 5.41) is 8.95. The summed E-state index contributed by atoms with van der Waals surface area (Å²) in [7, 11) is 1.55. The Morgan fingerprint density at radius 2 is 1.68 bits per heavy atom. The Labute approximate surface area is 181 Å². The van der Waals surface area contributed by atoms with Crippen LogP contribution in [0, 0.1) is 0 Å². The molecular weight excluding hydrogens is 392 g/mol. The Morgan fingerprint density at radius 1 is 0.935 bits per heavy atom. The van der Waals surface area contributed by atoms with Gasteiger partial charge in [-0.2, -0.15) is 0 Å². The first kappa shape index (κ1) is 22.0. The molecule has 2 aromatic carbocycles. The van der Waals surface area contributed by atoms with Crippen molar-refractivity contribution in [3.8, 4) is 5.75 Å². The summed E-state index contributed by atoms with van der Waals surface area (Å²) < 4.78 is 5.25. The standard InChI is InChI=1S/C24H26N4O3/c1-16(19-7-6-14-25-15-19)26-17(2)23(29)27-20-12-10-18(11-13-20)24(30)28-21-8-4-5-9-22(21)31-3/h4-17,26H,1-3H3,(H,27,29)(H,28,30). The first-order valence-corrected chi connectivity index (χ1v) is 9.99. The Bertz CT molecular complexity index is 1020. The molecule has 0 radical (unpaired) electrons. The van der Waals surface area contributed by atoms with Crippen LogP contribution in [0.1, 0.15) is 35.8 Å². The molecule has 0 spiro atoms. The van der Waals surface area contributed by atoms with Gasteiger partial charge in [0.05, 0.1) is 18.8 Å². The highest BCUT2D eigenvalue weighted by Gasteiger charge is 2.17. The van der Waals surface area contributed by atoms with Gasteiger partial charge in [0.1, 0.15) is 5.75 Å². The smallest absolute Gasteiger partial charge is 0.255 e. The van der Waals surface area contributed by atoms with Crippen molar-refractivity contribution in [1.82, 2.24) is 10.3 Å². The minimum absolute atomic E-state index is 0.0181. The molecule has 0 bridgehead atoms. The highest BCUT2D eigenvalue weighted by molar-refractivity contribution is 6.05. The van der Waals surface area contributed by atoms with E-state index in [4.69, 9.17) is 4.74 Å². The topological polar surface area (TPSA) is 92.4 Å². The molecule has 0 aliphatic heterocycles. The minimum Gasteiger partial charge on any atom is -0.495 e. The van der Waals surface area contributed by atoms with Gasteiger partial charge in [-0.25, -0.2) is 0 Å². The molecule has 1 heterocycles. The van der Waals surface area contributed by atoms with Crippen LogP contribution in [0.15, 0.2) is 73.1 Å². The lowest BCUT2D eigenvalue weighted by Gasteiger charge is -2.19. The maximum atomic E-state index is 12.5. The van der Waals surface area contributed by atoms with Crippen LogP contribution in [0.2, 0.25) is 0 Å². The molecule has 2 unspecified atom stereocenters. The normalized spacial score (nSPS) is 12.5. The van der Waals surface area contributed by atoms with Gasteiger partial charge >= 0.3 is 0 Å². The maximum absolute atomic E-state index is 12.5. The number of nitrogens with zero attached hydrogens (tertiary/aromatic N) is 1. The second kappa shape index (κ2) is 10.4. The number of ether oxygens (including phenoxy) is 1. The molecule has 3 N–H and O–H groups in total. The Kier molecular flexibility index (Phi) is 7.35. The van der Waals surface area contributed by atoms with Gasteiger partial charge < -0.3 is 15.4 Å². The number of carbonyl (C=O) groups is 2. The predicted octanol–water partition coefficient (Wildman–Crippen LogP) is 4.02. The molecule has 2 atom stereocenters. The number of methoxy groups -OCH3 is 1. The SMILES string of the molecule is COc1ccccc1NC(=O)c1ccc(NC(=O)C(C)NC(C)c2cccnc2)cc1. The maximum Gasteiger partial charge on any atom is 0.255 e. The van der Waals surface area contributed by atoms with Gasteiger partial charge in [-0.15, -0.1) is 0 Å². The van der Waals surface area contributed by atoms with Crippen molar-refractivity contribution in [3.63, 3.8) is 0 Å². The number of amides is 2. The third-order valence-corrected chi connectivity index (χ3v) is 4.85. The van der Waals surface area contributed by atoms with Crippen LogP contribution >= 0.6 is 0 Å². The largest absolute Gasteiger partial charge is 0.495 e. The predicted molar refractivity (Wildman–Crippen MR) is 121 cm³/mol. The lowest BCUT2D eigenvalue weighted by molar-refractivity contribution is -0.117. The van der Waals surface area contributed by atoms with Crippen LogP contribution in [0.25, 0.3) is 0 Å². The van der Waals surface area contributed by atoms with Crippen LogP contribution in [0.3, 0.4) is 0 Å². The molecule has 0 aliphatic rings. The second-order valence-corrected chi connectivity index (χ2v) is 7.12. The quantitative estimate of drug-likeness (QED) is 0.514. The number of hydrogen-bond donors (Lipinski definition) is 3. The number of anilines is 2. The van der Waals surface area contributed by atoms with Crippen molar-refractivity contribution in [1.29, 1.82) is 0 Å². The van der Waals surface area contributed by atoms with Crippen LogP contribution in [-0.2, 0) is 4.79 Å². The van der Waals surface area contributed by atoms with E-state index in [1.165, 1.54) is 0 Å². The average Bonchev–Trinajstić information content (AvgIpc) is 2.80. The van der Waals surface area contributed by atoms with Crippen LogP contribution < -0.4 is 20.7 Å². The van der Waals surface area contributed by atoms with E-state index in [2.05, 4.69) is 20.9 Å². The summed E-state index contributed by atoms with van der Waals surface area (Å²) in [6.45, 7) is 3.78. The number of rotatable bonds is 8. The van der Waals surface area contributed by atoms with E-state index in [-0.39, 0.29) is 17.9 Å². The van der Waals surface area contributed by atoms with Gasteiger partial charge in [0.15, 0.2) is 0 Å². The molecule has 0 saturated heterocycles. The molecule has 31 heavy (non-hydrogen) atoms. The fraction of sp³-hybridized carbons (Fsp3) is 0.208. The van der Waals surface area contributed by atoms with Crippen LogP contribution in [-0.4, -0.2) is 29.9 Å². The van der Waals surface area contributed by atoms with E-state index >= 15 is 0 Å². The van der Waals surface area contributed by atoms with E-state index in [0.717, 1.165) is 5.56 Å². The molecular formula is C24H26N4O3. The molecule has 0 fully saturated rings. The van der Waals surface area contributed by atoms with Gasteiger partial charge in [0, 0.05) is 29.7 Å². The molecule has 1 aromatic heterocycles. The summed E-state index contributed by atoms with van der Waals surface area (Å²) in [4.78, 5) is 29.1. The lowest BCUT2D eigenvalue weighted by Crippen LogP contribution is -2.39. The average molecular weight is 418 g/mol. The van der Waals surface area contributed by atoms with E-state index < -0.39 is 6.04 Å². The van der Waals surface area contributed by atoms with Crippen molar-refractivity contribution in [3.05, 3.63) is 84.2 Å². The van der Waals surface area contributed by atoms with Gasteiger partial charge in [-0.1, -0.05) is 18.2 Å². The summed E-state index contributed by atoms with van der Waals surface area (Å²) in [6, 6.07) is 17.3. The third-order valence-electron chi connectivity index (χ3n) is 4.85. The van der Waals surface area contributed by atoms with Crippen molar-refractivity contribution >= 4 is 23.2 Å². The number of aromatic nitrogens is 1. The number of nitrogens with one attached hydrogen (secondary N) is 3. The fourth-order valence-corrected chi connectivity index (χ4v) is 3.08. The number of para-hydroxylation sites is 2. The number of benzene rings is 2. The van der Waals surface area contributed by atoms with Gasteiger partial charge in [-0.05, 0) is 61.9 Å². The van der Waals surface area contributed by atoms with Crippen molar-refractivity contribution in [2.24, 2.45) is 0 Å². The van der Waals surface area contributed by atoms with Crippen LogP contribution in [0.5, 0.6) is 5.75 Å². The number of pyridine rings is 1. The highest BCUT2D eigenvalue weighted by atomic mass is 16.5. The monoisotopic (exact) mass is 418 g/mol. The van der Waals surface area contributed by atoms with Crippen molar-refractivity contribution in [2.45, 2.75) is 25.9 Å². The highest BCUT2D eigenvalue weighted by Crippen LogP contribution is 2.24. The summed E-state index contributed by atoms with van der Waals surface area (Å²) >= 11 is 0. The van der Waals surface area contributed by atoms with Gasteiger partial charge in [0.2, 0.25) is 5.91 Å². The van der Waals surface area contributed by atoms with Gasteiger partial charge in [-0.3, -0.25) is 19.9 Å². The molecule has 3 aromatic rings. The minimum atomic E-state index is -0.413. The van der Waals surface area contributed by atoms with Crippen LogP contribution in [0.4, 0.5) is 11.4 Å². The first-order chi connectivity index (χ1) is 15.0. The Morgan fingerprint density at radius 3 is 2.35 bits per heavy atom. The molecule has 0 aliphatic carbocycles. The summed E-state index contributed by atoms with van der Waals surface area (Å²) in [6.07, 6.45) is 3.49. The van der Waals surface area contributed by atoms with E-state index in [1.807, 2.05) is 31.2 Å². The fourth-order valence-electron chi connectivity index (χ4n) is 3.08. The molecule has 3 rings (SSSR count). The molecule has 7 heteroatoms. The second-order valence-electron chi connectivity index (χ2n) is 7.12. The molecule has 0 saturated carbocycles. The molecule has 2 amide bonds. The van der Waals surface area contributed by atoms with E-state index in [0.29, 0.717) is 22.7 Å². The molecule has 160 valence electrons. The zero-order valence-corrected chi connectivity index (χ0v) is 17.8. The Hall–Kier alpha value is -3.71. The van der Waals surface area contributed by atoms with E-state index in [1.54, 1.807) is 62.8 Å². The van der Waals surface area contributed by atoms with Crippen molar-refractivity contribution in [2.75, 3.05) is 17.7 Å². The summed E-state index contributed by atoms with van der Waals surface area (Å²) in [5.74, 6) is 0.159.